The van der Waals surface area contributed by atoms with Gasteiger partial charge in [-0.15, -0.1) is 0 Å². The molecule has 52 valence electrons. The maximum absolute atomic E-state index is 10.9. The van der Waals surface area contributed by atoms with E-state index in [1.165, 1.54) is 0 Å². The molecule has 1 aromatic carbocycles. The molecule has 0 saturated heterocycles. The number of nitrogens with two attached hydrogens (primary N) is 1. The average molecular weight is 154 g/mol. The van der Waals surface area contributed by atoms with Crippen molar-refractivity contribution in [2.24, 2.45) is 0 Å². The first-order valence-corrected chi connectivity index (χ1v) is 4.67. The van der Waals surface area contributed by atoms with Gasteiger partial charge in [-0.05, 0) is 12.1 Å². The monoisotopic (exact) mass is 154 g/mol. The summed E-state index contributed by atoms with van der Waals surface area (Å²) in [4.78, 5) is 0. The van der Waals surface area contributed by atoms with Gasteiger partial charge in [0.1, 0.15) is 6.66 Å². The second-order valence-electron chi connectivity index (χ2n) is 2.09. The van der Waals surface area contributed by atoms with Gasteiger partial charge < -0.3 is 5.73 Å². The van der Waals surface area contributed by atoms with Gasteiger partial charge >= 0.3 is 7.80 Å². The van der Waals surface area contributed by atoms with Crippen molar-refractivity contribution in [2.45, 2.75) is 0 Å². The van der Waals surface area contributed by atoms with Gasteiger partial charge in [-0.25, -0.2) is 0 Å². The number of nitrogen functional groups attached to an aromatic ring is 1. The Hall–Kier alpha value is -0.880. The third-order valence-corrected chi connectivity index (χ3v) is 2.24. The molecule has 1 aromatic rings. The highest BCUT2D eigenvalue weighted by atomic mass is 31.1. The summed E-state index contributed by atoms with van der Waals surface area (Å²) < 4.78 is 10.9. The normalized spacial score (nSPS) is 11.1. The molecule has 2 nitrogen and oxygen atoms in total. The highest BCUT2D eigenvalue weighted by molar-refractivity contribution is 7.52. The molecule has 1 rings (SSSR count). The second kappa shape index (κ2) is 2.80. The smallest absolute Gasteiger partial charge is 0.373 e. The van der Waals surface area contributed by atoms with E-state index in [1.807, 2.05) is 6.07 Å². The molecule has 0 heterocycles. The summed E-state index contributed by atoms with van der Waals surface area (Å²) in [6.07, 6.45) is 0. The third kappa shape index (κ3) is 1.55. The minimum atomic E-state index is -1.24. The van der Waals surface area contributed by atoms with Crippen LogP contribution in [0.2, 0.25) is 0 Å². The Balaban J connectivity index is 3.07. The molecule has 0 spiro atoms. The molecule has 0 aliphatic rings. The molecule has 3 heteroatoms. The first-order valence-electron chi connectivity index (χ1n) is 2.96. The quantitative estimate of drug-likeness (QED) is 0.490. The van der Waals surface area contributed by atoms with Gasteiger partial charge in [0.2, 0.25) is 0 Å². The molecule has 1 atom stereocenters. The number of rotatable bonds is 1. The Bertz CT molecular complexity index is 260. The van der Waals surface area contributed by atoms with Crippen molar-refractivity contribution in [1.82, 2.24) is 0 Å². The van der Waals surface area contributed by atoms with E-state index in [2.05, 4.69) is 0 Å². The van der Waals surface area contributed by atoms with Gasteiger partial charge in [0, 0.05) is 11.8 Å². The van der Waals surface area contributed by atoms with Gasteiger partial charge in [-0.1, -0.05) is 10.6 Å². The summed E-state index contributed by atoms with van der Waals surface area (Å²) >= 11 is 0. The van der Waals surface area contributed by atoms with Crippen LogP contribution in [-0.4, -0.2) is 6.66 Å². The van der Waals surface area contributed by atoms with Crippen LogP contribution in [0.1, 0.15) is 0 Å². The molecule has 0 aliphatic carbocycles. The van der Waals surface area contributed by atoms with Crippen LogP contribution in [0.5, 0.6) is 0 Å². The van der Waals surface area contributed by atoms with Gasteiger partial charge in [-0.2, -0.15) is 0 Å². The lowest BCUT2D eigenvalue weighted by molar-refractivity contribution is 0.596. The fraction of sp³-hybridized carbons (Fsp3) is 0.143. The summed E-state index contributed by atoms with van der Waals surface area (Å²) in [5, 5.41) is 0.815. The topological polar surface area (TPSA) is 43.1 Å². The lowest BCUT2D eigenvalue weighted by Gasteiger charge is -1.87. The lowest BCUT2D eigenvalue weighted by Crippen LogP contribution is -1.96. The highest BCUT2D eigenvalue weighted by Gasteiger charge is 2.09. The molecule has 0 saturated carbocycles. The van der Waals surface area contributed by atoms with E-state index >= 15 is 0 Å². The first kappa shape index (κ1) is 7.23. The van der Waals surface area contributed by atoms with E-state index in [9.17, 15) is 4.57 Å². The van der Waals surface area contributed by atoms with Crippen molar-refractivity contribution in [3.05, 3.63) is 24.3 Å². The van der Waals surface area contributed by atoms with Crippen molar-refractivity contribution in [1.29, 1.82) is 0 Å². The summed E-state index contributed by atoms with van der Waals surface area (Å²) in [5.41, 5.74) is 6.14. The number of benzene rings is 1. The molecular weight excluding hydrogens is 145 g/mol. The van der Waals surface area contributed by atoms with Gasteiger partial charge in [0.15, 0.2) is 5.30 Å². The van der Waals surface area contributed by atoms with Crippen LogP contribution < -0.4 is 11.0 Å². The minimum absolute atomic E-state index is 0.669. The molecule has 0 aromatic heterocycles. The molecule has 10 heavy (non-hydrogen) atoms. The van der Waals surface area contributed by atoms with Crippen LogP contribution in [0.15, 0.2) is 24.3 Å². The molecule has 0 amide bonds. The van der Waals surface area contributed by atoms with E-state index in [1.54, 1.807) is 24.9 Å². The zero-order valence-electron chi connectivity index (χ0n) is 5.74. The Kier molecular flexibility index (Phi) is 2.03. The van der Waals surface area contributed by atoms with Crippen LogP contribution in [0.3, 0.4) is 0 Å². The van der Waals surface area contributed by atoms with Crippen molar-refractivity contribution in [2.75, 3.05) is 12.4 Å². The Morgan fingerprint density at radius 3 is 2.60 bits per heavy atom. The maximum Gasteiger partial charge on any atom is 0.373 e. The molecule has 2 N–H and O–H groups in total. The van der Waals surface area contributed by atoms with Crippen LogP contribution in [0.4, 0.5) is 5.69 Å². The lowest BCUT2D eigenvalue weighted by atomic mass is 10.3. The van der Waals surface area contributed by atoms with Crippen LogP contribution in [0, 0.1) is 0 Å². The third-order valence-electron chi connectivity index (χ3n) is 1.23. The fourth-order valence-corrected chi connectivity index (χ4v) is 1.35. The second-order valence-corrected chi connectivity index (χ2v) is 3.60. The Morgan fingerprint density at radius 1 is 1.50 bits per heavy atom. The minimum Gasteiger partial charge on any atom is -0.399 e. The predicted octanol–water partition coefficient (Wildman–Crippen LogP) is 1.35. The molecule has 0 bridgehead atoms. The summed E-state index contributed by atoms with van der Waals surface area (Å²) in [6, 6.07) is 7.14. The largest absolute Gasteiger partial charge is 0.399 e. The van der Waals surface area contributed by atoms with Crippen molar-refractivity contribution in [3.63, 3.8) is 0 Å². The summed E-state index contributed by atoms with van der Waals surface area (Å²) in [5.74, 6) is 0. The molecular formula is C7H9NOP+. The molecule has 1 unspecified atom stereocenters. The number of anilines is 1. The van der Waals surface area contributed by atoms with E-state index in [-0.39, 0.29) is 0 Å². The van der Waals surface area contributed by atoms with Crippen LogP contribution in [-0.2, 0) is 4.57 Å². The zero-order chi connectivity index (χ0) is 7.56. The van der Waals surface area contributed by atoms with E-state index in [0.29, 0.717) is 5.69 Å². The number of hydrogen-bond acceptors (Lipinski definition) is 2. The summed E-state index contributed by atoms with van der Waals surface area (Å²) in [7, 11) is -1.24. The van der Waals surface area contributed by atoms with Gasteiger partial charge in [-0.3, -0.25) is 0 Å². The van der Waals surface area contributed by atoms with Crippen molar-refractivity contribution in [3.8, 4) is 0 Å². The highest BCUT2D eigenvalue weighted by Crippen LogP contribution is 2.14. The maximum atomic E-state index is 10.9. The van der Waals surface area contributed by atoms with E-state index in [0.717, 1.165) is 5.30 Å². The summed E-state index contributed by atoms with van der Waals surface area (Å²) in [6.45, 7) is 1.67. The van der Waals surface area contributed by atoms with Crippen molar-refractivity contribution < 1.29 is 4.57 Å². The zero-order valence-corrected chi connectivity index (χ0v) is 6.64. The van der Waals surface area contributed by atoms with Gasteiger partial charge in [0.05, 0.1) is 0 Å². The van der Waals surface area contributed by atoms with Crippen LogP contribution >= 0.6 is 7.80 Å². The predicted molar refractivity (Wildman–Crippen MR) is 44.0 cm³/mol. The van der Waals surface area contributed by atoms with Crippen LogP contribution in [0.25, 0.3) is 0 Å². The van der Waals surface area contributed by atoms with E-state index in [4.69, 9.17) is 5.73 Å². The average Bonchev–Trinajstić information content (AvgIpc) is 1.88. The van der Waals surface area contributed by atoms with E-state index < -0.39 is 7.80 Å². The Morgan fingerprint density at radius 2 is 2.20 bits per heavy atom. The molecule has 0 fully saturated rings. The van der Waals surface area contributed by atoms with Crippen molar-refractivity contribution >= 4 is 18.8 Å². The first-order chi connectivity index (χ1) is 4.70. The Labute approximate surface area is 60.8 Å². The number of hydrogen-bond donors (Lipinski definition) is 1. The van der Waals surface area contributed by atoms with Gasteiger partial charge in [0.25, 0.3) is 0 Å². The fourth-order valence-electron chi connectivity index (χ4n) is 0.721. The SMILES string of the molecule is C[P+](=O)c1cccc(N)c1. The standard InChI is InChI=1S/C7H9NOP/c1-10(9)7-4-2-3-6(8)5-7/h2-5H,8H2,1H3/q+1. The molecule has 0 radical (unpaired) electrons. The molecule has 0 aliphatic heterocycles.